The van der Waals surface area contributed by atoms with Crippen LogP contribution in [0.1, 0.15) is 16.7 Å². The molecule has 0 unspecified atom stereocenters. The van der Waals surface area contributed by atoms with Crippen LogP contribution in [0.2, 0.25) is 10.0 Å². The Morgan fingerprint density at radius 2 is 1.74 bits per heavy atom. The summed E-state index contributed by atoms with van der Waals surface area (Å²) in [5.41, 5.74) is 2.57. The highest BCUT2D eigenvalue weighted by Crippen LogP contribution is 2.36. The number of hydrogen-bond acceptors (Lipinski definition) is 6. The third kappa shape index (κ3) is 6.11. The van der Waals surface area contributed by atoms with Crippen molar-refractivity contribution in [2.75, 3.05) is 14.2 Å². The lowest BCUT2D eigenvalue weighted by atomic mass is 10.1. The number of ether oxygens (including phenoxy) is 3. The van der Waals surface area contributed by atoms with Crippen LogP contribution in [-0.4, -0.2) is 29.3 Å². The minimum atomic E-state index is -0.132. The molecular weight excluding hydrogens is 525 g/mol. The van der Waals surface area contributed by atoms with Crippen molar-refractivity contribution in [3.05, 3.63) is 92.3 Å². The van der Waals surface area contributed by atoms with Crippen molar-refractivity contribution < 1.29 is 19.0 Å². The van der Waals surface area contributed by atoms with Crippen molar-refractivity contribution >= 4 is 63.5 Å². The number of benzene rings is 3. The van der Waals surface area contributed by atoms with E-state index >= 15 is 0 Å². The van der Waals surface area contributed by atoms with Crippen molar-refractivity contribution in [2.24, 2.45) is 0 Å². The Morgan fingerprint density at radius 3 is 2.43 bits per heavy atom. The molecule has 0 atom stereocenters. The summed E-state index contributed by atoms with van der Waals surface area (Å²) in [6.45, 7) is 0.658. The van der Waals surface area contributed by atoms with E-state index in [1.54, 1.807) is 43.4 Å². The Bertz CT molecular complexity index is 1300. The van der Waals surface area contributed by atoms with Gasteiger partial charge in [-0.2, -0.15) is 0 Å². The van der Waals surface area contributed by atoms with Crippen molar-refractivity contribution in [2.45, 2.75) is 13.2 Å². The third-order valence-electron chi connectivity index (χ3n) is 5.26. The Hall–Kier alpha value is -2.71. The topological polar surface area (TPSA) is 48.0 Å². The molecule has 1 aliphatic rings. The van der Waals surface area contributed by atoms with Gasteiger partial charge in [0.25, 0.3) is 5.91 Å². The first-order chi connectivity index (χ1) is 16.9. The number of nitrogens with zero attached hydrogens (tertiary/aromatic N) is 1. The predicted molar refractivity (Wildman–Crippen MR) is 145 cm³/mol. The summed E-state index contributed by atoms with van der Waals surface area (Å²) in [5.74, 6) is 1.73. The van der Waals surface area contributed by atoms with Gasteiger partial charge in [-0.1, -0.05) is 71.4 Å². The lowest BCUT2D eigenvalue weighted by Crippen LogP contribution is -2.27. The Balaban J connectivity index is 1.47. The van der Waals surface area contributed by atoms with Crippen LogP contribution in [0.3, 0.4) is 0 Å². The first-order valence-corrected chi connectivity index (χ1v) is 12.5. The third-order valence-corrected chi connectivity index (χ3v) is 7.22. The second kappa shape index (κ2) is 11.4. The molecule has 9 heteroatoms. The summed E-state index contributed by atoms with van der Waals surface area (Å²) in [5, 5.41) is 1.10. The highest BCUT2D eigenvalue weighted by atomic mass is 35.5. The van der Waals surface area contributed by atoms with Gasteiger partial charge in [0, 0.05) is 15.6 Å². The SMILES string of the molecule is COc1ccc(CN2C(=O)C(=Cc3ccc(OCc4ccc(Cl)cc4Cl)c(OC)c3)SC2=S)cc1. The molecule has 1 heterocycles. The van der Waals surface area contributed by atoms with Gasteiger partial charge in [-0.3, -0.25) is 9.69 Å². The van der Waals surface area contributed by atoms with E-state index in [2.05, 4.69) is 0 Å². The normalized spacial score (nSPS) is 14.5. The van der Waals surface area contributed by atoms with E-state index in [9.17, 15) is 4.79 Å². The molecule has 1 fully saturated rings. The Kier molecular flexibility index (Phi) is 8.23. The van der Waals surface area contributed by atoms with Crippen molar-refractivity contribution in [1.82, 2.24) is 4.90 Å². The maximum absolute atomic E-state index is 13.0. The Labute approximate surface area is 223 Å². The van der Waals surface area contributed by atoms with Gasteiger partial charge in [0.05, 0.1) is 25.7 Å². The summed E-state index contributed by atoms with van der Waals surface area (Å²) >= 11 is 18.9. The monoisotopic (exact) mass is 545 g/mol. The molecule has 0 aliphatic carbocycles. The van der Waals surface area contributed by atoms with Crippen molar-refractivity contribution in [3.8, 4) is 17.2 Å². The van der Waals surface area contributed by atoms with Crippen LogP contribution in [-0.2, 0) is 17.9 Å². The lowest BCUT2D eigenvalue weighted by Gasteiger charge is -2.14. The zero-order valence-electron chi connectivity index (χ0n) is 18.9. The van der Waals surface area contributed by atoms with Crippen LogP contribution >= 0.6 is 47.2 Å². The van der Waals surface area contributed by atoms with Crippen molar-refractivity contribution in [1.29, 1.82) is 0 Å². The highest BCUT2D eigenvalue weighted by Gasteiger charge is 2.32. The number of halogens is 2. The molecule has 3 aromatic carbocycles. The summed E-state index contributed by atoms with van der Waals surface area (Å²) in [6, 6.07) is 18.3. The summed E-state index contributed by atoms with van der Waals surface area (Å²) in [6.07, 6.45) is 1.80. The minimum Gasteiger partial charge on any atom is -0.497 e. The second-order valence-electron chi connectivity index (χ2n) is 7.55. The number of thiocarbonyl (C=S) groups is 1. The number of carbonyl (C=O) groups is 1. The van der Waals surface area contributed by atoms with Crippen molar-refractivity contribution in [3.63, 3.8) is 0 Å². The first-order valence-electron chi connectivity index (χ1n) is 10.5. The van der Waals surface area contributed by atoms with Crippen LogP contribution in [0.25, 0.3) is 6.08 Å². The minimum absolute atomic E-state index is 0.132. The lowest BCUT2D eigenvalue weighted by molar-refractivity contribution is -0.122. The number of rotatable bonds is 8. The molecule has 35 heavy (non-hydrogen) atoms. The summed E-state index contributed by atoms with van der Waals surface area (Å²) in [7, 11) is 3.18. The zero-order chi connectivity index (χ0) is 24.9. The van der Waals surface area contributed by atoms with E-state index in [1.165, 1.54) is 11.8 Å². The molecule has 0 N–H and O–H groups in total. The maximum Gasteiger partial charge on any atom is 0.266 e. The number of carbonyl (C=O) groups excluding carboxylic acids is 1. The molecule has 0 bridgehead atoms. The van der Waals surface area contributed by atoms with Gasteiger partial charge in [-0.05, 0) is 53.6 Å². The van der Waals surface area contributed by atoms with Gasteiger partial charge in [-0.15, -0.1) is 0 Å². The highest BCUT2D eigenvalue weighted by molar-refractivity contribution is 8.26. The van der Waals surface area contributed by atoms with Gasteiger partial charge in [0.1, 0.15) is 16.7 Å². The zero-order valence-corrected chi connectivity index (χ0v) is 22.1. The van der Waals surface area contributed by atoms with Gasteiger partial charge < -0.3 is 14.2 Å². The van der Waals surface area contributed by atoms with Crippen LogP contribution in [0.5, 0.6) is 17.2 Å². The molecule has 0 spiro atoms. The Morgan fingerprint density at radius 1 is 0.971 bits per heavy atom. The molecule has 0 radical (unpaired) electrons. The fraction of sp³-hybridized carbons (Fsp3) is 0.154. The van der Waals surface area contributed by atoms with Gasteiger partial charge in [0.15, 0.2) is 11.5 Å². The molecule has 0 aromatic heterocycles. The predicted octanol–water partition coefficient (Wildman–Crippen LogP) is 6.99. The number of amides is 1. The fourth-order valence-corrected chi connectivity index (χ4v) is 5.11. The number of thioether (sulfide) groups is 1. The van der Waals surface area contributed by atoms with E-state index in [1.807, 2.05) is 42.5 Å². The van der Waals surface area contributed by atoms with Gasteiger partial charge in [0.2, 0.25) is 0 Å². The van der Waals surface area contributed by atoms with E-state index in [4.69, 9.17) is 49.6 Å². The van der Waals surface area contributed by atoms with E-state index in [0.29, 0.717) is 37.3 Å². The number of hydrogen-bond donors (Lipinski definition) is 0. The molecular formula is C26H21Cl2NO4S2. The largest absolute Gasteiger partial charge is 0.497 e. The second-order valence-corrected chi connectivity index (χ2v) is 10.1. The van der Waals surface area contributed by atoms with Crippen LogP contribution in [0.15, 0.2) is 65.6 Å². The quantitative estimate of drug-likeness (QED) is 0.224. The van der Waals surface area contributed by atoms with E-state index in [0.717, 1.165) is 22.4 Å². The van der Waals surface area contributed by atoms with Crippen LogP contribution in [0.4, 0.5) is 0 Å². The van der Waals surface area contributed by atoms with E-state index < -0.39 is 0 Å². The van der Waals surface area contributed by atoms with Gasteiger partial charge >= 0.3 is 0 Å². The first kappa shape index (κ1) is 25.4. The average Bonchev–Trinajstić information content (AvgIpc) is 3.11. The molecule has 0 saturated carbocycles. The molecule has 3 aromatic rings. The maximum atomic E-state index is 13.0. The molecule has 4 rings (SSSR count). The fourth-order valence-electron chi connectivity index (χ4n) is 3.39. The number of methoxy groups -OCH3 is 2. The van der Waals surface area contributed by atoms with Gasteiger partial charge in [-0.25, -0.2) is 0 Å². The molecule has 1 saturated heterocycles. The van der Waals surface area contributed by atoms with Crippen LogP contribution < -0.4 is 14.2 Å². The smallest absolute Gasteiger partial charge is 0.266 e. The summed E-state index contributed by atoms with van der Waals surface area (Å²) < 4.78 is 17.1. The molecule has 1 amide bonds. The molecule has 5 nitrogen and oxygen atoms in total. The molecule has 1 aliphatic heterocycles. The standard InChI is InChI=1S/C26H21Cl2NO4S2/c1-31-20-8-3-16(4-9-20)14-29-25(30)24(35-26(29)34)12-17-5-10-22(23(11-17)32-2)33-15-18-6-7-19(27)13-21(18)28/h3-13H,14-15H2,1-2H3. The summed E-state index contributed by atoms with van der Waals surface area (Å²) in [4.78, 5) is 15.2. The molecule has 180 valence electrons. The van der Waals surface area contributed by atoms with E-state index in [-0.39, 0.29) is 12.5 Å². The van der Waals surface area contributed by atoms with Crippen LogP contribution in [0, 0.1) is 0 Å². The average molecular weight is 546 g/mol.